The third-order valence-corrected chi connectivity index (χ3v) is 4.56. The first kappa shape index (κ1) is 10.9. The summed E-state index contributed by atoms with van der Waals surface area (Å²) in [7, 11) is 0. The molecule has 3 heteroatoms. The van der Waals surface area contributed by atoms with Gasteiger partial charge in [0.1, 0.15) is 5.01 Å². The van der Waals surface area contributed by atoms with E-state index >= 15 is 0 Å². The Morgan fingerprint density at radius 2 is 2.12 bits per heavy atom. The van der Waals surface area contributed by atoms with Crippen molar-refractivity contribution in [1.29, 1.82) is 0 Å². The average molecular weight is 244 g/mol. The number of fused-ring (bicyclic) bond motifs is 1. The first-order valence-corrected chi connectivity index (χ1v) is 6.92. The zero-order valence-corrected chi connectivity index (χ0v) is 10.5. The number of rotatable bonds is 2. The van der Waals surface area contributed by atoms with Gasteiger partial charge < -0.3 is 5.73 Å². The highest BCUT2D eigenvalue weighted by Gasteiger charge is 2.21. The van der Waals surface area contributed by atoms with Crippen molar-refractivity contribution in [3.63, 3.8) is 0 Å². The average Bonchev–Trinajstić information content (AvgIpc) is 2.82. The maximum Gasteiger partial charge on any atom is 0.123 e. The lowest BCUT2D eigenvalue weighted by Crippen LogP contribution is -2.21. The maximum absolute atomic E-state index is 5.76. The molecule has 3 rings (SSSR count). The van der Waals surface area contributed by atoms with Crippen LogP contribution in [0.2, 0.25) is 0 Å². The van der Waals surface area contributed by atoms with Crippen LogP contribution in [-0.2, 0) is 12.8 Å². The lowest BCUT2D eigenvalue weighted by molar-refractivity contribution is 0.470. The number of aromatic nitrogens is 1. The fourth-order valence-corrected chi connectivity index (χ4v) is 3.58. The molecular weight excluding hydrogens is 228 g/mol. The monoisotopic (exact) mass is 244 g/mol. The van der Waals surface area contributed by atoms with E-state index in [1.165, 1.54) is 22.6 Å². The topological polar surface area (TPSA) is 38.9 Å². The van der Waals surface area contributed by atoms with Crippen LogP contribution in [0.15, 0.2) is 30.3 Å². The first-order chi connectivity index (χ1) is 8.36. The summed E-state index contributed by atoms with van der Waals surface area (Å²) >= 11 is 1.84. The Morgan fingerprint density at radius 1 is 1.29 bits per heavy atom. The number of aryl methyl sites for hydroxylation is 1. The number of nitrogens with zero attached hydrogens (tertiary/aromatic N) is 1. The quantitative estimate of drug-likeness (QED) is 0.882. The van der Waals surface area contributed by atoms with E-state index in [0.29, 0.717) is 5.92 Å². The summed E-state index contributed by atoms with van der Waals surface area (Å²) in [6, 6.07) is 10.4. The predicted octanol–water partition coefficient (Wildman–Crippen LogP) is 2.87. The molecule has 1 atom stereocenters. The summed E-state index contributed by atoms with van der Waals surface area (Å²) in [5, 5.41) is 1.16. The molecule has 2 aromatic rings. The Morgan fingerprint density at radius 3 is 2.88 bits per heavy atom. The minimum Gasteiger partial charge on any atom is -0.330 e. The van der Waals surface area contributed by atoms with Crippen LogP contribution in [-0.4, -0.2) is 11.5 Å². The second-order valence-corrected chi connectivity index (χ2v) is 5.68. The van der Waals surface area contributed by atoms with Crippen molar-refractivity contribution < 1.29 is 0 Å². The van der Waals surface area contributed by atoms with Crippen molar-refractivity contribution in [3.8, 4) is 10.6 Å². The Balaban J connectivity index is 1.93. The van der Waals surface area contributed by atoms with Crippen molar-refractivity contribution in [2.24, 2.45) is 11.7 Å². The van der Waals surface area contributed by atoms with Gasteiger partial charge in [-0.15, -0.1) is 11.3 Å². The van der Waals surface area contributed by atoms with E-state index in [0.717, 1.165) is 24.4 Å². The van der Waals surface area contributed by atoms with E-state index in [-0.39, 0.29) is 0 Å². The van der Waals surface area contributed by atoms with E-state index in [9.17, 15) is 0 Å². The minimum atomic E-state index is 0.659. The van der Waals surface area contributed by atoms with Crippen LogP contribution in [0, 0.1) is 5.92 Å². The summed E-state index contributed by atoms with van der Waals surface area (Å²) in [6.45, 7) is 0.804. The molecule has 0 bridgehead atoms. The standard InChI is InChI=1S/C14H16N2S/c15-9-10-6-7-12-13(8-10)17-14(16-12)11-4-2-1-3-5-11/h1-5,10H,6-9,15H2. The molecule has 1 aliphatic rings. The SMILES string of the molecule is NCC1CCc2nc(-c3ccccc3)sc2C1. The van der Waals surface area contributed by atoms with Crippen LogP contribution < -0.4 is 5.73 Å². The fraction of sp³-hybridized carbons (Fsp3) is 0.357. The van der Waals surface area contributed by atoms with Gasteiger partial charge >= 0.3 is 0 Å². The van der Waals surface area contributed by atoms with Gasteiger partial charge in [0, 0.05) is 10.4 Å². The smallest absolute Gasteiger partial charge is 0.123 e. The summed E-state index contributed by atoms with van der Waals surface area (Å²) in [6.07, 6.45) is 3.42. The Bertz CT molecular complexity index is 504. The number of hydrogen-bond acceptors (Lipinski definition) is 3. The number of benzene rings is 1. The van der Waals surface area contributed by atoms with E-state index in [2.05, 4.69) is 24.3 Å². The molecule has 17 heavy (non-hydrogen) atoms. The molecule has 1 unspecified atom stereocenters. The highest BCUT2D eigenvalue weighted by Crippen LogP contribution is 2.34. The van der Waals surface area contributed by atoms with Gasteiger partial charge in [-0.1, -0.05) is 30.3 Å². The largest absolute Gasteiger partial charge is 0.330 e. The first-order valence-electron chi connectivity index (χ1n) is 6.11. The maximum atomic E-state index is 5.76. The normalized spacial score (nSPS) is 19.0. The van der Waals surface area contributed by atoms with Crippen molar-refractivity contribution in [2.45, 2.75) is 19.3 Å². The Kier molecular flexibility index (Phi) is 2.95. The molecule has 1 aromatic heterocycles. The molecule has 1 heterocycles. The lowest BCUT2D eigenvalue weighted by Gasteiger charge is -2.18. The molecule has 0 aliphatic heterocycles. The highest BCUT2D eigenvalue weighted by molar-refractivity contribution is 7.15. The fourth-order valence-electron chi connectivity index (χ4n) is 2.35. The molecule has 0 fully saturated rings. The van der Waals surface area contributed by atoms with Gasteiger partial charge in [-0.3, -0.25) is 0 Å². The van der Waals surface area contributed by atoms with Gasteiger partial charge in [0.05, 0.1) is 5.69 Å². The number of thiazole rings is 1. The molecule has 0 spiro atoms. The Labute approximate surface area is 106 Å². The molecule has 1 aliphatic carbocycles. The molecule has 0 radical (unpaired) electrons. The summed E-state index contributed by atoms with van der Waals surface area (Å²) in [5.74, 6) is 0.659. The number of nitrogens with two attached hydrogens (primary N) is 1. The van der Waals surface area contributed by atoms with Crippen LogP contribution in [0.25, 0.3) is 10.6 Å². The molecule has 0 saturated heterocycles. The van der Waals surface area contributed by atoms with Gasteiger partial charge in [-0.2, -0.15) is 0 Å². The molecule has 0 amide bonds. The van der Waals surface area contributed by atoms with Gasteiger partial charge in [0.25, 0.3) is 0 Å². The van der Waals surface area contributed by atoms with Crippen LogP contribution in [0.1, 0.15) is 17.0 Å². The third-order valence-electron chi connectivity index (χ3n) is 3.40. The van der Waals surface area contributed by atoms with Crippen LogP contribution in [0.4, 0.5) is 0 Å². The molecule has 2 nitrogen and oxygen atoms in total. The second-order valence-electron chi connectivity index (χ2n) is 4.60. The summed E-state index contributed by atoms with van der Waals surface area (Å²) in [4.78, 5) is 6.22. The van der Waals surface area contributed by atoms with Crippen LogP contribution in [0.5, 0.6) is 0 Å². The second kappa shape index (κ2) is 4.59. The van der Waals surface area contributed by atoms with Crippen molar-refractivity contribution in [1.82, 2.24) is 4.98 Å². The molecule has 88 valence electrons. The van der Waals surface area contributed by atoms with E-state index < -0.39 is 0 Å². The molecule has 0 saturated carbocycles. The molecule has 1 aromatic carbocycles. The van der Waals surface area contributed by atoms with E-state index in [4.69, 9.17) is 10.7 Å². The van der Waals surface area contributed by atoms with Gasteiger partial charge in [-0.25, -0.2) is 4.98 Å². The predicted molar refractivity (Wildman–Crippen MR) is 72.1 cm³/mol. The van der Waals surface area contributed by atoms with Crippen LogP contribution >= 0.6 is 11.3 Å². The van der Waals surface area contributed by atoms with E-state index in [1.54, 1.807) is 0 Å². The van der Waals surface area contributed by atoms with E-state index in [1.807, 2.05) is 17.4 Å². The highest BCUT2D eigenvalue weighted by atomic mass is 32.1. The molecule has 2 N–H and O–H groups in total. The zero-order valence-electron chi connectivity index (χ0n) is 9.73. The van der Waals surface area contributed by atoms with Crippen LogP contribution in [0.3, 0.4) is 0 Å². The lowest BCUT2D eigenvalue weighted by atomic mass is 9.91. The van der Waals surface area contributed by atoms with Crippen molar-refractivity contribution in [2.75, 3.05) is 6.54 Å². The number of hydrogen-bond donors (Lipinski definition) is 1. The van der Waals surface area contributed by atoms with Gasteiger partial charge in [0.15, 0.2) is 0 Å². The zero-order chi connectivity index (χ0) is 11.7. The van der Waals surface area contributed by atoms with Crippen molar-refractivity contribution in [3.05, 3.63) is 40.9 Å². The van der Waals surface area contributed by atoms with Gasteiger partial charge in [0.2, 0.25) is 0 Å². The Hall–Kier alpha value is -1.19. The third kappa shape index (κ3) is 2.13. The summed E-state index contributed by atoms with van der Waals surface area (Å²) in [5.41, 5.74) is 8.30. The van der Waals surface area contributed by atoms with Gasteiger partial charge in [-0.05, 0) is 31.7 Å². The minimum absolute atomic E-state index is 0.659. The molecular formula is C14H16N2S. The van der Waals surface area contributed by atoms with Crippen molar-refractivity contribution >= 4 is 11.3 Å². The summed E-state index contributed by atoms with van der Waals surface area (Å²) < 4.78 is 0.